The zero-order valence-electron chi connectivity index (χ0n) is 38.2. The third-order valence-corrected chi connectivity index (χ3v) is 15.5. The summed E-state index contributed by atoms with van der Waals surface area (Å²) < 4.78 is 8.42. The molecule has 0 saturated heterocycles. The maximum Gasteiger partial charge on any atom is 0.262 e. The zero-order valence-corrected chi connectivity index (χ0v) is 39.9. The molecule has 0 amide bonds. The van der Waals surface area contributed by atoms with E-state index in [1.807, 2.05) is 23.1 Å². The van der Waals surface area contributed by atoms with Crippen molar-refractivity contribution in [2.75, 3.05) is 78.3 Å². The molecule has 2 aromatic heterocycles. The van der Waals surface area contributed by atoms with Gasteiger partial charge >= 0.3 is 0 Å². The van der Waals surface area contributed by atoms with Gasteiger partial charge in [0.15, 0.2) is 19.3 Å². The number of hydrogen-bond acceptors (Lipinski definition) is 4. The number of allylic oxidation sites excluding steroid dienone is 5. The topological polar surface area (TPSA) is 14.2 Å². The molecule has 2 aliphatic heterocycles. The zero-order chi connectivity index (χ0) is 43.5. The van der Waals surface area contributed by atoms with Crippen molar-refractivity contribution >= 4 is 67.7 Å². The number of likely N-dealkylation sites (N-methyl/N-ethyl adjacent to an activating group) is 2. The van der Waals surface area contributed by atoms with Gasteiger partial charge in [0.2, 0.25) is 11.0 Å². The van der Waals surface area contributed by atoms with Gasteiger partial charge in [0.25, 0.3) is 5.01 Å². The Morgan fingerprint density at radius 1 is 0.645 bits per heavy atom. The molecule has 6 nitrogen and oxygen atoms in total. The summed E-state index contributed by atoms with van der Waals surface area (Å²) in [7, 11) is 14.0. The predicted octanol–water partition coefficient (Wildman–Crippen LogP) is 11.1. The number of fused-ring (bicyclic) bond motifs is 4. The molecule has 8 heteroatoms. The number of para-hydroxylation sites is 4. The van der Waals surface area contributed by atoms with E-state index in [-0.39, 0.29) is 5.41 Å². The molecule has 0 saturated carbocycles. The smallest absolute Gasteiger partial charge is 0.262 e. The lowest BCUT2D eigenvalue weighted by atomic mass is 9.84. The first kappa shape index (κ1) is 43.7. The highest BCUT2D eigenvalue weighted by Crippen LogP contribution is 2.47. The molecule has 0 unspecified atom stereocenters. The fourth-order valence-corrected chi connectivity index (χ4v) is 11.6. The fourth-order valence-electron chi connectivity index (χ4n) is 9.41. The van der Waals surface area contributed by atoms with E-state index in [2.05, 4.69) is 221 Å². The third kappa shape index (κ3) is 9.49. The van der Waals surface area contributed by atoms with Crippen LogP contribution in [0.3, 0.4) is 0 Å². The largest absolute Gasteiger partial charge is 0.347 e. The van der Waals surface area contributed by atoms with Gasteiger partial charge in [-0.05, 0) is 53.6 Å². The van der Waals surface area contributed by atoms with Crippen LogP contribution in [0.25, 0.3) is 33.3 Å². The highest BCUT2D eigenvalue weighted by molar-refractivity contribution is 8.03. The lowest BCUT2D eigenvalue weighted by Gasteiger charge is -2.33. The Morgan fingerprint density at radius 3 is 2.11 bits per heavy atom. The second-order valence-corrected chi connectivity index (χ2v) is 21.1. The monoisotopic (exact) mass is 862 g/mol. The quantitative estimate of drug-likeness (QED) is 0.0417. The average molecular weight is 863 g/mol. The molecular weight excluding hydrogens is 797 g/mol. The second-order valence-electron chi connectivity index (χ2n) is 19.0. The van der Waals surface area contributed by atoms with E-state index >= 15 is 0 Å². The van der Waals surface area contributed by atoms with Crippen molar-refractivity contribution in [3.8, 4) is 0 Å². The SMILES string of the molecule is CN1/C(=C/c2cc[n+](CC[N+](C)(C)CCC[N+](C)(C)CCCC[n+]3c(/C=C/C=C/C=C4/N(C)c5ccccc5C4(C)C)sc4ccccc43)c3ccccc23)Sc2ccccc21. The Hall–Kier alpha value is -4.99. The average Bonchev–Trinajstić information content (AvgIpc) is 3.84. The van der Waals surface area contributed by atoms with Gasteiger partial charge in [-0.3, -0.25) is 0 Å². The number of aromatic nitrogens is 2. The molecule has 4 heterocycles. The molecular formula is C54H66N6S2+4. The van der Waals surface area contributed by atoms with E-state index < -0.39 is 0 Å². The van der Waals surface area contributed by atoms with Crippen LogP contribution < -0.4 is 18.9 Å². The number of nitrogens with zero attached hydrogens (tertiary/aromatic N) is 6. The Labute approximate surface area is 379 Å². The molecule has 8 rings (SSSR count). The van der Waals surface area contributed by atoms with Gasteiger partial charge in [-0.2, -0.15) is 9.13 Å². The minimum atomic E-state index is -0.0137. The van der Waals surface area contributed by atoms with Crippen LogP contribution in [-0.4, -0.2) is 77.4 Å². The molecule has 0 radical (unpaired) electrons. The molecule has 0 spiro atoms. The van der Waals surface area contributed by atoms with E-state index in [4.69, 9.17) is 0 Å². The fraction of sp³-hybridized carbons (Fsp3) is 0.333. The van der Waals surface area contributed by atoms with Crippen molar-refractivity contribution in [1.82, 2.24) is 0 Å². The van der Waals surface area contributed by atoms with Crippen LogP contribution in [0.4, 0.5) is 11.4 Å². The second kappa shape index (κ2) is 18.4. The molecule has 0 N–H and O–H groups in total. The first-order chi connectivity index (χ1) is 29.8. The van der Waals surface area contributed by atoms with Crippen LogP contribution >= 0.6 is 23.1 Å². The molecule has 2 aliphatic rings. The van der Waals surface area contributed by atoms with Gasteiger partial charge in [0, 0.05) is 79.3 Å². The number of benzene rings is 4. The molecule has 4 aromatic carbocycles. The normalized spacial score (nSPS) is 16.6. The number of pyridine rings is 1. The van der Waals surface area contributed by atoms with Crippen molar-refractivity contribution in [2.45, 2.75) is 56.5 Å². The molecule has 62 heavy (non-hydrogen) atoms. The van der Waals surface area contributed by atoms with E-state index in [1.165, 1.54) is 103 Å². The maximum absolute atomic E-state index is 2.53. The van der Waals surface area contributed by atoms with Crippen LogP contribution in [0.2, 0.25) is 0 Å². The van der Waals surface area contributed by atoms with Gasteiger partial charge in [-0.25, -0.2) is 0 Å². The summed E-state index contributed by atoms with van der Waals surface area (Å²) in [6.07, 6.45) is 19.4. The molecule has 6 aromatic rings. The number of hydrogen-bond donors (Lipinski definition) is 0. The molecule has 320 valence electrons. The highest BCUT2D eigenvalue weighted by Gasteiger charge is 2.37. The lowest BCUT2D eigenvalue weighted by Crippen LogP contribution is -2.50. The number of rotatable bonds is 16. The summed E-state index contributed by atoms with van der Waals surface area (Å²) in [5.74, 6) is 0. The van der Waals surface area contributed by atoms with Crippen LogP contribution in [0.15, 0.2) is 149 Å². The van der Waals surface area contributed by atoms with Gasteiger partial charge in [0.1, 0.15) is 11.2 Å². The van der Waals surface area contributed by atoms with Crippen molar-refractivity contribution in [3.05, 3.63) is 160 Å². The van der Waals surface area contributed by atoms with Crippen LogP contribution in [0.1, 0.15) is 49.2 Å². The first-order valence-corrected chi connectivity index (χ1v) is 24.0. The number of aryl methyl sites for hydroxylation is 1. The van der Waals surface area contributed by atoms with E-state index in [9.17, 15) is 0 Å². The van der Waals surface area contributed by atoms with Crippen molar-refractivity contribution in [3.63, 3.8) is 0 Å². The van der Waals surface area contributed by atoms with Crippen molar-refractivity contribution in [2.24, 2.45) is 0 Å². The molecule has 0 fully saturated rings. The van der Waals surface area contributed by atoms with Crippen LogP contribution in [0.5, 0.6) is 0 Å². The van der Waals surface area contributed by atoms with E-state index in [0.717, 1.165) is 28.6 Å². The van der Waals surface area contributed by atoms with Gasteiger partial charge in [-0.1, -0.05) is 110 Å². The molecule has 0 bridgehead atoms. The Morgan fingerprint density at radius 2 is 1.32 bits per heavy atom. The summed E-state index contributed by atoms with van der Waals surface area (Å²) in [5, 5.41) is 3.88. The van der Waals surface area contributed by atoms with Crippen molar-refractivity contribution in [1.29, 1.82) is 0 Å². The molecule has 0 atom stereocenters. The van der Waals surface area contributed by atoms with Crippen molar-refractivity contribution < 1.29 is 18.1 Å². The summed E-state index contributed by atoms with van der Waals surface area (Å²) in [6.45, 7) is 11.3. The van der Waals surface area contributed by atoms with Crippen LogP contribution in [0, 0.1) is 0 Å². The Bertz CT molecular complexity index is 2680. The predicted molar refractivity (Wildman–Crippen MR) is 267 cm³/mol. The van der Waals surface area contributed by atoms with Gasteiger partial charge < -0.3 is 18.8 Å². The summed E-state index contributed by atoms with van der Waals surface area (Å²) in [4.78, 5) is 5.96. The Kier molecular flexibility index (Phi) is 12.9. The summed E-state index contributed by atoms with van der Waals surface area (Å²) in [6, 6.07) is 37.5. The van der Waals surface area contributed by atoms with Gasteiger partial charge in [0.05, 0.1) is 63.9 Å². The number of anilines is 2. The molecule has 0 aliphatic carbocycles. The van der Waals surface area contributed by atoms with Gasteiger partial charge in [-0.15, -0.1) is 0 Å². The third-order valence-electron chi connectivity index (χ3n) is 13.2. The first-order valence-electron chi connectivity index (χ1n) is 22.4. The highest BCUT2D eigenvalue weighted by atomic mass is 32.2. The standard InChI is InChI=1S/C54H66N6S2/c1-54(2)44-24-13-15-26-46(44)55(3)51(54)31-10-9-11-32-52-58(48-28-17-19-30-50(48)61-52)34-20-21-37-59(5,6)38-22-39-60(7,8)40-36-57-35-33-42(43-23-12-14-25-45(43)57)41-53-56(4)47-27-16-18-29-49(47)62-53/h9-19,23-33,35,41H,20-22,34,36-40H2,1-8H3/q+4. The minimum Gasteiger partial charge on any atom is -0.347 e. The number of thiazole rings is 1. The summed E-state index contributed by atoms with van der Waals surface area (Å²) >= 11 is 3.74. The number of quaternary nitrogens is 2. The van der Waals surface area contributed by atoms with E-state index in [1.54, 1.807) is 0 Å². The van der Waals surface area contributed by atoms with Crippen LogP contribution in [-0.2, 0) is 18.5 Å². The number of unbranched alkanes of at least 4 members (excludes halogenated alkanes) is 1. The number of thioether (sulfide) groups is 1. The van der Waals surface area contributed by atoms with E-state index in [0.29, 0.717) is 0 Å². The lowest BCUT2D eigenvalue weighted by molar-refractivity contribution is -0.919. The summed E-state index contributed by atoms with van der Waals surface area (Å²) in [5.41, 5.74) is 9.19. The minimum absolute atomic E-state index is 0.0137. The maximum atomic E-state index is 2.53. The Balaban J connectivity index is 0.821.